The van der Waals surface area contributed by atoms with E-state index in [1.54, 1.807) is 36.8 Å². The predicted octanol–water partition coefficient (Wildman–Crippen LogP) is 12.4. The molecule has 0 radical (unpaired) electrons. The summed E-state index contributed by atoms with van der Waals surface area (Å²) in [6, 6.07) is 30.0. The van der Waals surface area contributed by atoms with Crippen molar-refractivity contribution < 1.29 is 50.2 Å². The van der Waals surface area contributed by atoms with E-state index in [0.717, 1.165) is 108 Å². The minimum absolute atomic E-state index is 0.261. The molecule has 66 heavy (non-hydrogen) atoms. The lowest BCUT2D eigenvalue weighted by Gasteiger charge is -2.13. The number of aryl methyl sites for hydroxylation is 2. The van der Waals surface area contributed by atoms with Gasteiger partial charge in [0.1, 0.15) is 36.2 Å². The second kappa shape index (κ2) is 27.8. The minimum atomic E-state index is -2.20. The molecule has 0 fully saturated rings. The number of unbranched alkanes of at least 4 members (excludes halogenated alkanes) is 4. The number of ether oxygens (including phenoxy) is 4. The zero-order chi connectivity index (χ0) is 46.2. The smallest absolute Gasteiger partial charge is 0.494 e. The van der Waals surface area contributed by atoms with Crippen LogP contribution < -0.4 is 29.6 Å². The minimum Gasteiger partial charge on any atom is -0.494 e. The van der Waals surface area contributed by atoms with E-state index < -0.39 is 8.25 Å². The first kappa shape index (κ1) is 49.9. The Balaban J connectivity index is 0.806. The monoisotopic (exact) mass is 927 g/mol. The van der Waals surface area contributed by atoms with Gasteiger partial charge in [0.2, 0.25) is 0 Å². The molecule has 0 aliphatic heterocycles. The summed E-state index contributed by atoms with van der Waals surface area (Å²) in [5.41, 5.74) is 5.85. The van der Waals surface area contributed by atoms with E-state index >= 15 is 0 Å². The normalized spacial score (nSPS) is 11.2. The molecular formula is C52H62F2N2O9P+. The van der Waals surface area contributed by atoms with Gasteiger partial charge in [-0.3, -0.25) is 0 Å². The average molecular weight is 928 g/mol. The highest BCUT2D eigenvalue weighted by molar-refractivity contribution is 7.33. The van der Waals surface area contributed by atoms with Crippen LogP contribution in [0.15, 0.2) is 118 Å². The first-order chi connectivity index (χ1) is 32.4. The quantitative estimate of drug-likeness (QED) is 0.0310. The number of furan rings is 2. The number of rotatable bonds is 32. The summed E-state index contributed by atoms with van der Waals surface area (Å²) < 4.78 is 85.0. The highest BCUT2D eigenvalue weighted by Crippen LogP contribution is 2.33. The van der Waals surface area contributed by atoms with Gasteiger partial charge in [0.05, 0.1) is 51.1 Å². The molecule has 0 aliphatic carbocycles. The van der Waals surface area contributed by atoms with E-state index in [9.17, 15) is 13.3 Å². The zero-order valence-corrected chi connectivity index (χ0v) is 38.9. The van der Waals surface area contributed by atoms with Crippen LogP contribution in [0, 0.1) is 11.6 Å². The molecule has 0 atom stereocenters. The SMILES string of the molecule is COc1ccc(CCCCCOc2ccc(CNCCCO[P+](=O)OCCCNCc3ccc(OCCCCCc4ccc(OC)c(F)c4)c(-c4ccco4)c3)cc2-c2ccco2)cc1F. The lowest BCUT2D eigenvalue weighted by molar-refractivity contribution is 0.220. The third-order valence-electron chi connectivity index (χ3n) is 10.9. The topological polar surface area (TPSA) is 123 Å². The van der Waals surface area contributed by atoms with Gasteiger partial charge in [0, 0.05) is 17.7 Å². The molecule has 2 aromatic heterocycles. The Morgan fingerprint density at radius 1 is 0.500 bits per heavy atom. The zero-order valence-electron chi connectivity index (χ0n) is 38.0. The van der Waals surface area contributed by atoms with Gasteiger partial charge in [0.15, 0.2) is 23.1 Å². The van der Waals surface area contributed by atoms with Crippen LogP contribution in [0.5, 0.6) is 23.0 Å². The Morgan fingerprint density at radius 2 is 0.939 bits per heavy atom. The maximum Gasteiger partial charge on any atom is 0.697 e. The van der Waals surface area contributed by atoms with E-state index in [-0.39, 0.29) is 23.1 Å². The second-order valence-electron chi connectivity index (χ2n) is 15.8. The van der Waals surface area contributed by atoms with Crippen molar-refractivity contribution in [3.63, 3.8) is 0 Å². The van der Waals surface area contributed by atoms with Gasteiger partial charge < -0.3 is 38.4 Å². The molecule has 2 heterocycles. The maximum absolute atomic E-state index is 14.0. The molecule has 4 aromatic carbocycles. The fourth-order valence-electron chi connectivity index (χ4n) is 7.36. The van der Waals surface area contributed by atoms with Crippen molar-refractivity contribution >= 4 is 8.25 Å². The Kier molecular flexibility index (Phi) is 21.0. The molecule has 14 heteroatoms. The van der Waals surface area contributed by atoms with Crippen LogP contribution >= 0.6 is 8.25 Å². The van der Waals surface area contributed by atoms with Crippen molar-refractivity contribution in [3.05, 3.63) is 143 Å². The Morgan fingerprint density at radius 3 is 1.35 bits per heavy atom. The maximum atomic E-state index is 14.0. The molecule has 0 amide bonds. The standard InChI is InChI=1S/C52H62F2N2O9P/c1-58-51-23-17-39(35-45(51)53)13-5-3-7-27-60-49-21-19-41(33-43(49)47-15-9-29-62-47)37-55-25-11-31-64-66(57)65-32-12-26-56-38-42-20-22-50(44(34-42)48-16-10-30-63-48)61-28-8-4-6-14-40-18-24-52(59-2)46(54)36-40/h9-10,15-24,29-30,33-36,55-56H,3-8,11-14,25-28,31-32,37-38H2,1-2H3/q+1. The van der Waals surface area contributed by atoms with Crippen molar-refractivity contribution in [2.75, 3.05) is 53.7 Å². The molecule has 0 spiro atoms. The van der Waals surface area contributed by atoms with E-state index in [2.05, 4.69) is 22.8 Å². The summed E-state index contributed by atoms with van der Waals surface area (Å²) in [6.45, 7) is 4.38. The Bertz CT molecular complexity index is 2180. The first-order valence-corrected chi connectivity index (χ1v) is 23.9. The average Bonchev–Trinajstić information content (AvgIpc) is 4.08. The summed E-state index contributed by atoms with van der Waals surface area (Å²) >= 11 is 0. The third-order valence-corrected chi connectivity index (χ3v) is 11.7. The molecule has 0 aliphatic rings. The van der Waals surface area contributed by atoms with Crippen LogP contribution in [0.3, 0.4) is 0 Å². The largest absolute Gasteiger partial charge is 0.697 e. The molecule has 0 bridgehead atoms. The predicted molar refractivity (Wildman–Crippen MR) is 252 cm³/mol. The van der Waals surface area contributed by atoms with Gasteiger partial charge >= 0.3 is 8.25 Å². The molecule has 0 saturated heterocycles. The van der Waals surface area contributed by atoms with Crippen molar-refractivity contribution in [3.8, 4) is 45.6 Å². The lowest BCUT2D eigenvalue weighted by atomic mass is 10.1. The molecule has 6 aromatic rings. The number of benzene rings is 4. The fourth-order valence-corrected chi connectivity index (χ4v) is 7.99. The summed E-state index contributed by atoms with van der Waals surface area (Å²) in [7, 11) is 0.729. The van der Waals surface area contributed by atoms with Gasteiger partial charge in [-0.05, 0) is 172 Å². The van der Waals surface area contributed by atoms with Gasteiger partial charge in [-0.25, -0.2) is 8.78 Å². The van der Waals surface area contributed by atoms with Crippen molar-refractivity contribution in [2.24, 2.45) is 0 Å². The second-order valence-corrected chi connectivity index (χ2v) is 16.8. The van der Waals surface area contributed by atoms with Crippen LogP contribution in [0.4, 0.5) is 8.78 Å². The molecule has 352 valence electrons. The fraction of sp³-hybridized carbons (Fsp3) is 0.385. The van der Waals surface area contributed by atoms with E-state index in [1.165, 1.54) is 14.2 Å². The molecule has 0 unspecified atom stereocenters. The van der Waals surface area contributed by atoms with Gasteiger partial charge in [-0.15, -0.1) is 9.05 Å². The summed E-state index contributed by atoms with van der Waals surface area (Å²) in [5, 5.41) is 6.85. The molecule has 11 nitrogen and oxygen atoms in total. The van der Waals surface area contributed by atoms with Crippen molar-refractivity contribution in [2.45, 2.75) is 77.3 Å². The van der Waals surface area contributed by atoms with Crippen LogP contribution in [-0.2, 0) is 39.5 Å². The van der Waals surface area contributed by atoms with Crippen LogP contribution in [-0.4, -0.2) is 53.7 Å². The Labute approximate surface area is 388 Å². The molecule has 0 saturated carbocycles. The van der Waals surface area contributed by atoms with E-state index in [1.807, 2.05) is 60.7 Å². The van der Waals surface area contributed by atoms with Crippen molar-refractivity contribution in [1.29, 1.82) is 0 Å². The number of hydrogen-bond acceptors (Lipinski definition) is 11. The first-order valence-electron chi connectivity index (χ1n) is 22.8. The Hall–Kier alpha value is -5.56. The highest BCUT2D eigenvalue weighted by Gasteiger charge is 2.19. The number of nitrogens with one attached hydrogen (secondary N) is 2. The summed E-state index contributed by atoms with van der Waals surface area (Å²) in [6.07, 6.45) is 11.8. The molecule has 2 N–H and O–H groups in total. The van der Waals surface area contributed by atoms with E-state index in [0.29, 0.717) is 65.4 Å². The van der Waals surface area contributed by atoms with Gasteiger partial charge in [-0.1, -0.05) is 24.3 Å². The van der Waals surface area contributed by atoms with Crippen LogP contribution in [0.25, 0.3) is 22.6 Å². The number of halogens is 2. The summed E-state index contributed by atoms with van der Waals surface area (Å²) in [5.74, 6) is 2.85. The highest BCUT2D eigenvalue weighted by atomic mass is 31.1. The third kappa shape index (κ3) is 16.4. The molecular weight excluding hydrogens is 866 g/mol. The van der Waals surface area contributed by atoms with Crippen molar-refractivity contribution in [1.82, 2.24) is 10.6 Å². The molecule has 6 rings (SSSR count). The van der Waals surface area contributed by atoms with Gasteiger partial charge in [-0.2, -0.15) is 0 Å². The van der Waals surface area contributed by atoms with Gasteiger partial charge in [0.25, 0.3) is 0 Å². The number of methoxy groups -OCH3 is 2. The number of hydrogen-bond donors (Lipinski definition) is 2. The summed E-state index contributed by atoms with van der Waals surface area (Å²) in [4.78, 5) is 0. The lowest BCUT2D eigenvalue weighted by Crippen LogP contribution is -2.16. The van der Waals surface area contributed by atoms with E-state index in [4.69, 9.17) is 36.8 Å². The van der Waals surface area contributed by atoms with Crippen LogP contribution in [0.2, 0.25) is 0 Å². The van der Waals surface area contributed by atoms with Crippen LogP contribution in [0.1, 0.15) is 73.6 Å².